The lowest BCUT2D eigenvalue weighted by molar-refractivity contribution is 0.0992. The second-order valence-corrected chi connectivity index (χ2v) is 7.51. The van der Waals surface area contributed by atoms with Crippen LogP contribution < -0.4 is 22.2 Å². The Labute approximate surface area is 188 Å². The first kappa shape index (κ1) is 22.0. The molecule has 2 heterocycles. The van der Waals surface area contributed by atoms with Crippen molar-refractivity contribution in [3.63, 3.8) is 0 Å². The molecule has 0 saturated heterocycles. The fraction of sp³-hybridized carbons (Fsp3) is 0.0909. The number of aromatic nitrogens is 3. The van der Waals surface area contributed by atoms with Crippen molar-refractivity contribution in [2.45, 2.75) is 13.5 Å². The van der Waals surface area contributed by atoms with E-state index in [0.29, 0.717) is 33.3 Å². The van der Waals surface area contributed by atoms with E-state index in [-0.39, 0.29) is 17.9 Å². The number of primary amides is 2. The molecule has 0 aliphatic carbocycles. The molecule has 8 N–H and O–H groups in total. The lowest BCUT2D eigenvalue weighted by atomic mass is 9.80. The van der Waals surface area contributed by atoms with Gasteiger partial charge in [-0.25, -0.2) is 9.97 Å². The van der Waals surface area contributed by atoms with E-state index < -0.39 is 18.9 Å². The van der Waals surface area contributed by atoms with Gasteiger partial charge in [-0.05, 0) is 24.0 Å². The van der Waals surface area contributed by atoms with Gasteiger partial charge < -0.3 is 31.8 Å². The highest BCUT2D eigenvalue weighted by molar-refractivity contribution is 6.58. The van der Waals surface area contributed by atoms with Crippen LogP contribution in [0, 0.1) is 6.92 Å². The number of anilines is 1. The van der Waals surface area contributed by atoms with Gasteiger partial charge in [-0.15, -0.1) is 0 Å². The maximum absolute atomic E-state index is 12.0. The normalized spacial score (nSPS) is 10.9. The van der Waals surface area contributed by atoms with Gasteiger partial charge in [0.05, 0.1) is 16.6 Å². The molecule has 0 unspecified atom stereocenters. The van der Waals surface area contributed by atoms with E-state index in [2.05, 4.69) is 20.3 Å². The van der Waals surface area contributed by atoms with Crippen LogP contribution in [0.1, 0.15) is 32.0 Å². The van der Waals surface area contributed by atoms with Crippen LogP contribution in [0.2, 0.25) is 0 Å². The molecule has 2 aromatic carbocycles. The molecule has 10 nitrogen and oxygen atoms in total. The fourth-order valence-corrected chi connectivity index (χ4v) is 3.71. The number of nitrogens with two attached hydrogens (primary N) is 2. The molecule has 166 valence electrons. The van der Waals surface area contributed by atoms with Gasteiger partial charge >= 0.3 is 7.12 Å². The number of hydrogen-bond donors (Lipinski definition) is 6. The number of amides is 2. The maximum Gasteiger partial charge on any atom is 0.488 e. The molecular formula is C22H21BN6O4. The summed E-state index contributed by atoms with van der Waals surface area (Å²) in [7, 11) is -1.59. The van der Waals surface area contributed by atoms with Gasteiger partial charge in [0.25, 0.3) is 11.8 Å². The highest BCUT2D eigenvalue weighted by atomic mass is 16.4. The summed E-state index contributed by atoms with van der Waals surface area (Å²) in [5.74, 6) is -0.708. The molecular weight excluding hydrogens is 423 g/mol. The van der Waals surface area contributed by atoms with Crippen LogP contribution in [-0.2, 0) is 6.54 Å². The summed E-state index contributed by atoms with van der Waals surface area (Å²) in [4.78, 5) is 35.8. The zero-order valence-electron chi connectivity index (χ0n) is 17.7. The SMILES string of the molecule is Cc1[nH]c2c(C(N)=O)cccc2c1-c1ncc(C(N)=O)c(NCc2cccc(B(O)O)c2)n1. The summed E-state index contributed by atoms with van der Waals surface area (Å²) in [6.07, 6.45) is 1.34. The summed E-state index contributed by atoms with van der Waals surface area (Å²) in [6, 6.07) is 11.9. The molecule has 0 radical (unpaired) electrons. The van der Waals surface area contributed by atoms with Crippen LogP contribution in [0.3, 0.4) is 0 Å². The Morgan fingerprint density at radius 3 is 2.52 bits per heavy atom. The monoisotopic (exact) mass is 444 g/mol. The number of carbonyl (C=O) groups excluding carboxylic acids is 2. The quantitative estimate of drug-likeness (QED) is 0.224. The zero-order chi connectivity index (χ0) is 23.7. The minimum absolute atomic E-state index is 0.104. The molecule has 11 heteroatoms. The summed E-state index contributed by atoms with van der Waals surface area (Å²) in [6.45, 7) is 2.07. The van der Waals surface area contributed by atoms with Crippen LogP contribution >= 0.6 is 0 Å². The Kier molecular flexibility index (Phi) is 5.82. The van der Waals surface area contributed by atoms with Gasteiger partial charge in [0.1, 0.15) is 5.82 Å². The van der Waals surface area contributed by atoms with Crippen molar-refractivity contribution < 1.29 is 19.6 Å². The molecule has 4 aromatic rings. The zero-order valence-corrected chi connectivity index (χ0v) is 17.7. The average molecular weight is 444 g/mol. The number of fused-ring (bicyclic) bond motifs is 1. The Morgan fingerprint density at radius 2 is 1.82 bits per heavy atom. The predicted octanol–water partition coefficient (Wildman–Crippen LogP) is 0.423. The van der Waals surface area contributed by atoms with Gasteiger partial charge in [0.2, 0.25) is 0 Å². The molecule has 0 atom stereocenters. The first-order valence-corrected chi connectivity index (χ1v) is 10.0. The smallest absolute Gasteiger partial charge is 0.423 e. The van der Waals surface area contributed by atoms with E-state index in [1.54, 1.807) is 36.4 Å². The lowest BCUT2D eigenvalue weighted by Crippen LogP contribution is -2.30. The van der Waals surface area contributed by atoms with Crippen molar-refractivity contribution in [3.8, 4) is 11.4 Å². The van der Waals surface area contributed by atoms with E-state index >= 15 is 0 Å². The summed E-state index contributed by atoms with van der Waals surface area (Å²) in [5, 5.41) is 22.6. The lowest BCUT2D eigenvalue weighted by Gasteiger charge is -2.12. The van der Waals surface area contributed by atoms with Crippen LogP contribution in [0.25, 0.3) is 22.3 Å². The standard InChI is InChI=1S/C22H21BN6O4/c1-11-17(14-6-3-7-15(19(24)30)18(14)28-11)22-27-10-16(20(25)31)21(29-22)26-9-12-4-2-5-13(8-12)23(32)33/h2-8,10,28,32-33H,9H2,1H3,(H2,24,30)(H2,25,31)(H,26,27,29). The van der Waals surface area contributed by atoms with Crippen LogP contribution in [0.15, 0.2) is 48.7 Å². The molecule has 0 saturated carbocycles. The van der Waals surface area contributed by atoms with Crippen molar-refractivity contribution in [1.82, 2.24) is 15.0 Å². The number of H-pyrrole nitrogens is 1. The van der Waals surface area contributed by atoms with E-state index in [1.165, 1.54) is 6.20 Å². The largest absolute Gasteiger partial charge is 0.488 e. The van der Waals surface area contributed by atoms with Gasteiger partial charge in [0, 0.05) is 29.4 Å². The fourth-order valence-electron chi connectivity index (χ4n) is 3.71. The Morgan fingerprint density at radius 1 is 1.09 bits per heavy atom. The molecule has 2 amide bonds. The number of aromatic amines is 1. The van der Waals surface area contributed by atoms with Crippen molar-refractivity contribution in [3.05, 3.63) is 71.0 Å². The number of nitrogens with one attached hydrogen (secondary N) is 2. The molecule has 0 bridgehead atoms. The Bertz CT molecular complexity index is 1380. The minimum atomic E-state index is -1.59. The second-order valence-electron chi connectivity index (χ2n) is 7.51. The first-order chi connectivity index (χ1) is 15.8. The summed E-state index contributed by atoms with van der Waals surface area (Å²) < 4.78 is 0. The summed E-state index contributed by atoms with van der Waals surface area (Å²) in [5.41, 5.74) is 14.5. The number of hydrogen-bond acceptors (Lipinski definition) is 7. The Balaban J connectivity index is 1.75. The second kappa shape index (κ2) is 8.73. The molecule has 0 spiro atoms. The number of benzene rings is 2. The molecule has 33 heavy (non-hydrogen) atoms. The highest BCUT2D eigenvalue weighted by Crippen LogP contribution is 2.32. The number of carbonyl (C=O) groups is 2. The van der Waals surface area contributed by atoms with Crippen LogP contribution in [0.4, 0.5) is 5.82 Å². The van der Waals surface area contributed by atoms with E-state index in [4.69, 9.17) is 11.5 Å². The third-order valence-corrected chi connectivity index (χ3v) is 5.27. The molecule has 0 aliphatic heterocycles. The van der Waals surface area contributed by atoms with Crippen LogP contribution in [0.5, 0.6) is 0 Å². The van der Waals surface area contributed by atoms with E-state index in [0.717, 1.165) is 11.3 Å². The van der Waals surface area contributed by atoms with Crippen molar-refractivity contribution in [2.24, 2.45) is 11.5 Å². The van der Waals surface area contributed by atoms with Gasteiger partial charge in [-0.2, -0.15) is 0 Å². The minimum Gasteiger partial charge on any atom is -0.423 e. The van der Waals surface area contributed by atoms with E-state index in [9.17, 15) is 19.6 Å². The average Bonchev–Trinajstić information content (AvgIpc) is 3.13. The van der Waals surface area contributed by atoms with Crippen molar-refractivity contribution in [2.75, 3.05) is 5.32 Å². The van der Waals surface area contributed by atoms with Crippen molar-refractivity contribution in [1.29, 1.82) is 0 Å². The van der Waals surface area contributed by atoms with E-state index in [1.807, 2.05) is 13.0 Å². The van der Waals surface area contributed by atoms with Gasteiger partial charge in [0.15, 0.2) is 5.82 Å². The molecule has 2 aromatic heterocycles. The third kappa shape index (κ3) is 4.27. The Hall–Kier alpha value is -4.22. The topological polar surface area (TPSA) is 180 Å². The number of para-hydroxylation sites is 1. The first-order valence-electron chi connectivity index (χ1n) is 10.0. The number of rotatable bonds is 7. The third-order valence-electron chi connectivity index (χ3n) is 5.27. The van der Waals surface area contributed by atoms with Gasteiger partial charge in [-0.1, -0.05) is 36.4 Å². The molecule has 0 fully saturated rings. The number of nitrogens with zero attached hydrogens (tertiary/aromatic N) is 2. The molecule has 0 aliphatic rings. The highest BCUT2D eigenvalue weighted by Gasteiger charge is 2.20. The molecule has 4 rings (SSSR count). The summed E-state index contributed by atoms with van der Waals surface area (Å²) >= 11 is 0. The van der Waals surface area contributed by atoms with Crippen molar-refractivity contribution >= 4 is 41.1 Å². The van der Waals surface area contributed by atoms with Crippen LogP contribution in [-0.4, -0.2) is 43.9 Å². The number of aryl methyl sites for hydroxylation is 1. The van der Waals surface area contributed by atoms with Gasteiger partial charge in [-0.3, -0.25) is 9.59 Å². The maximum atomic E-state index is 12.0. The predicted molar refractivity (Wildman–Crippen MR) is 125 cm³/mol.